The third-order valence-corrected chi connectivity index (χ3v) is 6.11. The normalized spacial score (nSPS) is 18.6. The number of nitrogens with zero attached hydrogens (tertiary/aromatic N) is 2. The molecule has 1 aromatic heterocycles. The van der Waals surface area contributed by atoms with Crippen molar-refractivity contribution in [2.24, 2.45) is 4.99 Å². The summed E-state index contributed by atoms with van der Waals surface area (Å²) in [6.45, 7) is 1.27. The lowest BCUT2D eigenvalue weighted by molar-refractivity contribution is -0.118. The first-order chi connectivity index (χ1) is 15.1. The highest BCUT2D eigenvalue weighted by Crippen LogP contribution is 2.33. The van der Waals surface area contributed by atoms with Crippen molar-refractivity contribution < 1.29 is 23.0 Å². The van der Waals surface area contributed by atoms with Crippen molar-refractivity contribution in [3.05, 3.63) is 58.2 Å². The summed E-state index contributed by atoms with van der Waals surface area (Å²) in [5.74, 6) is -0.951. The minimum absolute atomic E-state index is 0.00389. The molecule has 31 heavy (non-hydrogen) atoms. The summed E-state index contributed by atoms with van der Waals surface area (Å²) < 4.78 is 40.7. The summed E-state index contributed by atoms with van der Waals surface area (Å²) in [6.07, 6.45) is 1.96. The fourth-order valence-corrected chi connectivity index (χ4v) is 4.67. The number of rotatable bonds is 4. The Balaban J connectivity index is 1.60. The van der Waals surface area contributed by atoms with Gasteiger partial charge in [0.15, 0.2) is 17.2 Å². The molecular weight excluding hydrogens is 424 g/mol. The second kappa shape index (κ2) is 8.24. The second-order valence-electron chi connectivity index (χ2n) is 7.40. The number of anilines is 1. The Hall–Kier alpha value is -3.04. The van der Waals surface area contributed by atoms with E-state index in [4.69, 9.17) is 9.47 Å². The van der Waals surface area contributed by atoms with Gasteiger partial charge in [-0.3, -0.25) is 4.79 Å². The monoisotopic (exact) mass is 443 g/mol. The molecule has 9 heteroatoms. The van der Waals surface area contributed by atoms with E-state index in [1.807, 2.05) is 28.1 Å². The standard InChI is InChI=1S/C22H19F2N3O3S/c23-14-4-5-17(16(24)9-14)26-22-27(10-15-2-1-7-29-15)19(12-31-22)13-3-6-20-18(8-13)25-21(28)11-30-20/h3-6,8-9,12,15H,1-2,7,10-11H2,(H,25,28). The van der Waals surface area contributed by atoms with Gasteiger partial charge < -0.3 is 19.4 Å². The molecule has 2 aromatic carbocycles. The summed E-state index contributed by atoms with van der Waals surface area (Å²) in [7, 11) is 0. The zero-order valence-corrected chi connectivity index (χ0v) is 17.3. The van der Waals surface area contributed by atoms with E-state index in [9.17, 15) is 13.6 Å². The van der Waals surface area contributed by atoms with Crippen LogP contribution in [0.3, 0.4) is 0 Å². The van der Waals surface area contributed by atoms with Gasteiger partial charge in [0.1, 0.15) is 17.3 Å². The van der Waals surface area contributed by atoms with Crippen molar-refractivity contribution in [2.45, 2.75) is 25.5 Å². The SMILES string of the molecule is O=C1COc2ccc(-c3csc(=Nc4ccc(F)cc4F)n3CC3CCCO3)cc2N1. The number of halogens is 2. The number of fused-ring (bicyclic) bond motifs is 1. The zero-order valence-electron chi connectivity index (χ0n) is 16.4. The Morgan fingerprint density at radius 3 is 2.94 bits per heavy atom. The van der Waals surface area contributed by atoms with Crippen molar-refractivity contribution in [3.8, 4) is 17.0 Å². The van der Waals surface area contributed by atoms with Crippen LogP contribution in [0, 0.1) is 11.6 Å². The molecule has 1 saturated heterocycles. The maximum atomic E-state index is 14.2. The molecular formula is C22H19F2N3O3S. The Morgan fingerprint density at radius 2 is 2.13 bits per heavy atom. The molecule has 0 radical (unpaired) electrons. The van der Waals surface area contributed by atoms with Gasteiger partial charge >= 0.3 is 0 Å². The summed E-state index contributed by atoms with van der Waals surface area (Å²) in [6, 6.07) is 8.91. The number of hydrogen-bond acceptors (Lipinski definition) is 5. The highest BCUT2D eigenvalue weighted by Gasteiger charge is 2.21. The molecule has 1 amide bonds. The molecule has 2 aliphatic heterocycles. The maximum absolute atomic E-state index is 14.2. The minimum atomic E-state index is -0.716. The minimum Gasteiger partial charge on any atom is -0.482 e. The Kier molecular flexibility index (Phi) is 5.29. The predicted octanol–water partition coefficient (Wildman–Crippen LogP) is 4.24. The van der Waals surface area contributed by atoms with Crippen LogP contribution in [-0.2, 0) is 16.1 Å². The number of hydrogen-bond donors (Lipinski definition) is 1. The highest BCUT2D eigenvalue weighted by molar-refractivity contribution is 7.07. The first-order valence-electron chi connectivity index (χ1n) is 9.93. The first kappa shape index (κ1) is 19.9. The van der Waals surface area contributed by atoms with Gasteiger partial charge in [0.05, 0.1) is 24.0 Å². The van der Waals surface area contributed by atoms with Crippen LogP contribution in [0.1, 0.15) is 12.8 Å². The molecule has 0 spiro atoms. The van der Waals surface area contributed by atoms with E-state index in [1.165, 1.54) is 23.5 Å². The summed E-state index contributed by atoms with van der Waals surface area (Å²) >= 11 is 1.36. The Labute approximate surface area is 180 Å². The quantitative estimate of drug-likeness (QED) is 0.656. The van der Waals surface area contributed by atoms with Crippen molar-refractivity contribution in [1.82, 2.24) is 4.57 Å². The van der Waals surface area contributed by atoms with Crippen LogP contribution in [0.5, 0.6) is 5.75 Å². The Morgan fingerprint density at radius 1 is 1.23 bits per heavy atom. The average Bonchev–Trinajstić information content (AvgIpc) is 3.40. The van der Waals surface area contributed by atoms with Crippen LogP contribution >= 0.6 is 11.3 Å². The number of aromatic nitrogens is 1. The van der Waals surface area contributed by atoms with E-state index in [2.05, 4.69) is 10.3 Å². The zero-order chi connectivity index (χ0) is 21.4. The van der Waals surface area contributed by atoms with Crippen LogP contribution in [0.25, 0.3) is 11.3 Å². The van der Waals surface area contributed by atoms with E-state index in [1.54, 1.807) is 0 Å². The lowest BCUT2D eigenvalue weighted by Crippen LogP contribution is -2.25. The number of carbonyl (C=O) groups excluding carboxylic acids is 1. The fourth-order valence-electron chi connectivity index (χ4n) is 3.74. The summed E-state index contributed by atoms with van der Waals surface area (Å²) in [5, 5.41) is 4.75. The van der Waals surface area contributed by atoms with E-state index in [-0.39, 0.29) is 24.3 Å². The van der Waals surface area contributed by atoms with Crippen molar-refractivity contribution in [2.75, 3.05) is 18.5 Å². The third kappa shape index (κ3) is 4.11. The van der Waals surface area contributed by atoms with Gasteiger partial charge in [-0.15, -0.1) is 11.3 Å². The van der Waals surface area contributed by atoms with Gasteiger partial charge in [-0.05, 0) is 43.2 Å². The molecule has 0 bridgehead atoms. The molecule has 0 saturated carbocycles. The molecule has 1 N–H and O–H groups in total. The molecule has 3 heterocycles. The summed E-state index contributed by atoms with van der Waals surface area (Å²) in [4.78, 5) is 16.7. The Bertz CT molecular complexity index is 1210. The molecule has 1 unspecified atom stereocenters. The highest BCUT2D eigenvalue weighted by atomic mass is 32.1. The largest absolute Gasteiger partial charge is 0.482 e. The van der Waals surface area contributed by atoms with Gasteiger partial charge in [0.25, 0.3) is 5.91 Å². The van der Waals surface area contributed by atoms with Gasteiger partial charge in [0.2, 0.25) is 0 Å². The van der Waals surface area contributed by atoms with Crippen LogP contribution in [0.4, 0.5) is 20.2 Å². The molecule has 160 valence electrons. The lowest BCUT2D eigenvalue weighted by Gasteiger charge is -2.19. The van der Waals surface area contributed by atoms with E-state index in [0.29, 0.717) is 29.4 Å². The number of thiazole rings is 1. The van der Waals surface area contributed by atoms with Gasteiger partial charge in [0, 0.05) is 23.6 Å². The van der Waals surface area contributed by atoms with Crippen LogP contribution in [-0.4, -0.2) is 29.8 Å². The number of amides is 1. The molecule has 3 aromatic rings. The van der Waals surface area contributed by atoms with Crippen LogP contribution < -0.4 is 14.9 Å². The van der Waals surface area contributed by atoms with E-state index in [0.717, 1.165) is 30.2 Å². The molecule has 5 rings (SSSR count). The van der Waals surface area contributed by atoms with Crippen molar-refractivity contribution in [1.29, 1.82) is 0 Å². The second-order valence-corrected chi connectivity index (χ2v) is 8.24. The molecule has 6 nitrogen and oxygen atoms in total. The van der Waals surface area contributed by atoms with Gasteiger partial charge in [-0.25, -0.2) is 13.8 Å². The fraction of sp³-hybridized carbons (Fsp3) is 0.273. The van der Waals surface area contributed by atoms with Crippen LogP contribution in [0.2, 0.25) is 0 Å². The van der Waals surface area contributed by atoms with E-state index >= 15 is 0 Å². The van der Waals surface area contributed by atoms with Crippen LogP contribution in [0.15, 0.2) is 46.8 Å². The van der Waals surface area contributed by atoms with Crippen molar-refractivity contribution in [3.63, 3.8) is 0 Å². The van der Waals surface area contributed by atoms with Gasteiger partial charge in [-0.2, -0.15) is 0 Å². The van der Waals surface area contributed by atoms with E-state index < -0.39 is 11.6 Å². The lowest BCUT2D eigenvalue weighted by atomic mass is 10.1. The number of nitrogens with one attached hydrogen (secondary N) is 1. The predicted molar refractivity (Wildman–Crippen MR) is 112 cm³/mol. The number of benzene rings is 2. The summed E-state index contributed by atoms with van der Waals surface area (Å²) in [5.41, 5.74) is 2.40. The maximum Gasteiger partial charge on any atom is 0.262 e. The number of carbonyl (C=O) groups is 1. The molecule has 1 fully saturated rings. The van der Waals surface area contributed by atoms with Crippen molar-refractivity contribution >= 4 is 28.6 Å². The average molecular weight is 443 g/mol. The molecule has 0 aliphatic carbocycles. The van der Waals surface area contributed by atoms with Gasteiger partial charge in [-0.1, -0.05) is 0 Å². The molecule has 1 atom stereocenters. The topological polar surface area (TPSA) is 64.8 Å². The number of ether oxygens (including phenoxy) is 2. The smallest absolute Gasteiger partial charge is 0.262 e. The molecule has 2 aliphatic rings. The third-order valence-electron chi connectivity index (χ3n) is 5.24. The first-order valence-corrected chi connectivity index (χ1v) is 10.8.